The van der Waals surface area contributed by atoms with Gasteiger partial charge in [0.15, 0.2) is 0 Å². The Balaban J connectivity index is 2.17. The third kappa shape index (κ3) is 5.25. The molecule has 3 rings (SSSR count). The number of aliphatic carboxylic acids is 1. The summed E-state index contributed by atoms with van der Waals surface area (Å²) in [6, 6.07) is 7.70. The maximum atomic E-state index is 13.4. The van der Waals surface area contributed by atoms with Gasteiger partial charge in [0.05, 0.1) is 0 Å². The number of hydrogen-bond acceptors (Lipinski definition) is 3. The fourth-order valence-corrected chi connectivity index (χ4v) is 3.36. The van der Waals surface area contributed by atoms with Crippen LogP contribution >= 0.6 is 0 Å². The molecule has 1 saturated heterocycles. The Hall–Kier alpha value is -3.16. The van der Waals surface area contributed by atoms with Crippen LogP contribution in [0, 0.1) is 5.82 Å². The molecule has 1 aliphatic heterocycles. The maximum absolute atomic E-state index is 13.4. The number of aromatic nitrogens is 1. The van der Waals surface area contributed by atoms with E-state index in [4.69, 9.17) is 5.11 Å². The third-order valence-corrected chi connectivity index (χ3v) is 4.77. The Morgan fingerprint density at radius 2 is 1.70 bits per heavy atom. The van der Waals surface area contributed by atoms with Gasteiger partial charge in [-0.15, -0.1) is 0 Å². The highest BCUT2D eigenvalue weighted by Gasteiger charge is 2.34. The van der Waals surface area contributed by atoms with E-state index in [-0.39, 0.29) is 5.82 Å². The number of piperidine rings is 1. The van der Waals surface area contributed by atoms with Gasteiger partial charge in [0.2, 0.25) is 0 Å². The largest absolute Gasteiger partial charge is 0.478 e. The second kappa shape index (κ2) is 9.11. The predicted octanol–water partition coefficient (Wildman–Crippen LogP) is 5.30. The molecule has 0 atom stereocenters. The molecular weight excluding hydrogens is 400 g/mol. The molecule has 0 spiro atoms. The van der Waals surface area contributed by atoms with Crippen molar-refractivity contribution in [3.05, 3.63) is 77.3 Å². The molecule has 1 N–H and O–H groups in total. The van der Waals surface area contributed by atoms with Gasteiger partial charge >= 0.3 is 12.1 Å². The Bertz CT molecular complexity index is 960. The Morgan fingerprint density at radius 3 is 2.30 bits per heavy atom. The van der Waals surface area contributed by atoms with Crippen molar-refractivity contribution in [2.24, 2.45) is 0 Å². The first-order valence-electron chi connectivity index (χ1n) is 9.46. The molecule has 8 heteroatoms. The lowest BCUT2D eigenvalue weighted by molar-refractivity contribution is -0.141. The topological polar surface area (TPSA) is 53.4 Å². The highest BCUT2D eigenvalue weighted by atomic mass is 19.4. The van der Waals surface area contributed by atoms with E-state index >= 15 is 0 Å². The highest BCUT2D eigenvalue weighted by Crippen LogP contribution is 2.36. The number of alkyl halides is 3. The van der Waals surface area contributed by atoms with Crippen LogP contribution in [0.3, 0.4) is 0 Å². The lowest BCUT2D eigenvalue weighted by atomic mass is 9.96. The van der Waals surface area contributed by atoms with Gasteiger partial charge in [-0.25, -0.2) is 14.2 Å². The van der Waals surface area contributed by atoms with E-state index in [1.807, 2.05) is 4.90 Å². The summed E-state index contributed by atoms with van der Waals surface area (Å²) in [7, 11) is 0. The Kier molecular flexibility index (Phi) is 6.54. The monoisotopic (exact) mass is 420 g/mol. The third-order valence-electron chi connectivity index (χ3n) is 4.77. The maximum Gasteiger partial charge on any atom is 0.433 e. The van der Waals surface area contributed by atoms with Gasteiger partial charge in [0.25, 0.3) is 0 Å². The molecule has 2 heterocycles. The summed E-state index contributed by atoms with van der Waals surface area (Å²) in [6.45, 7) is 1.14. The smallest absolute Gasteiger partial charge is 0.433 e. The Labute approximate surface area is 171 Å². The molecule has 1 aromatic heterocycles. The second-order valence-corrected chi connectivity index (χ2v) is 6.90. The molecule has 0 bridgehead atoms. The molecule has 1 aromatic carbocycles. The summed E-state index contributed by atoms with van der Waals surface area (Å²) in [4.78, 5) is 16.6. The molecule has 1 fully saturated rings. The molecule has 2 aromatic rings. The number of carboxylic acid groups (broad SMARTS) is 1. The van der Waals surface area contributed by atoms with Crippen molar-refractivity contribution in [2.75, 3.05) is 18.0 Å². The first-order valence-corrected chi connectivity index (χ1v) is 9.46. The van der Waals surface area contributed by atoms with Gasteiger partial charge < -0.3 is 10.0 Å². The van der Waals surface area contributed by atoms with Gasteiger partial charge in [-0.05, 0) is 54.7 Å². The number of carboxylic acids is 1. The number of allylic oxidation sites excluding steroid dienone is 2. The zero-order valence-corrected chi connectivity index (χ0v) is 16.0. The standard InChI is InChI=1S/C22H20F4N2O2/c23-16-9-7-15(8-10-16)17(5-4-6-20(29)30)18-11-12-19(22(24,25)26)27-21(18)28-13-2-1-3-14-28/h4-12H,1-3,13-14H2,(H,29,30)/b6-4+,17-5-. The molecular formula is C22H20F4N2O2. The van der Waals surface area contributed by atoms with E-state index in [1.165, 1.54) is 42.5 Å². The minimum absolute atomic E-state index is 0.184. The van der Waals surface area contributed by atoms with E-state index in [9.17, 15) is 22.4 Å². The van der Waals surface area contributed by atoms with Crippen LogP contribution in [0.5, 0.6) is 0 Å². The average Bonchev–Trinajstić information content (AvgIpc) is 2.71. The van der Waals surface area contributed by atoms with Crippen LogP contribution in [-0.4, -0.2) is 29.1 Å². The van der Waals surface area contributed by atoms with Crippen LogP contribution in [0.2, 0.25) is 0 Å². The quantitative estimate of drug-likeness (QED) is 0.405. The minimum atomic E-state index is -4.59. The SMILES string of the molecule is O=C(O)/C=C/C=C(/c1ccc(F)cc1)c1ccc(C(F)(F)F)nc1N1CCCCC1. The first kappa shape index (κ1) is 21.5. The second-order valence-electron chi connectivity index (χ2n) is 6.90. The van der Waals surface area contributed by atoms with E-state index in [0.717, 1.165) is 31.4 Å². The number of rotatable bonds is 5. The summed E-state index contributed by atoms with van der Waals surface area (Å²) in [6.07, 6.45) is 1.77. The van der Waals surface area contributed by atoms with Crippen molar-refractivity contribution < 1.29 is 27.5 Å². The number of pyridine rings is 1. The van der Waals surface area contributed by atoms with E-state index in [0.29, 0.717) is 29.8 Å². The summed E-state index contributed by atoms with van der Waals surface area (Å²) in [5.41, 5.74) is 0.415. The molecule has 0 unspecified atom stereocenters. The first-order chi connectivity index (χ1) is 14.3. The zero-order valence-electron chi connectivity index (χ0n) is 16.0. The summed E-state index contributed by atoms with van der Waals surface area (Å²) >= 11 is 0. The fraction of sp³-hybridized carbons (Fsp3) is 0.273. The molecule has 30 heavy (non-hydrogen) atoms. The van der Waals surface area contributed by atoms with Crippen molar-refractivity contribution in [3.63, 3.8) is 0 Å². The molecule has 0 saturated carbocycles. The van der Waals surface area contributed by atoms with Gasteiger partial charge in [-0.3, -0.25) is 0 Å². The number of benzene rings is 1. The average molecular weight is 420 g/mol. The normalized spacial score (nSPS) is 15.6. The number of carbonyl (C=O) groups is 1. The van der Waals surface area contributed by atoms with Gasteiger partial charge in [-0.2, -0.15) is 13.2 Å². The number of halogens is 4. The van der Waals surface area contributed by atoms with Crippen molar-refractivity contribution in [1.29, 1.82) is 0 Å². The molecule has 0 radical (unpaired) electrons. The van der Waals surface area contributed by atoms with Gasteiger partial charge in [0.1, 0.15) is 17.3 Å². The van der Waals surface area contributed by atoms with Gasteiger partial charge in [0, 0.05) is 24.7 Å². The van der Waals surface area contributed by atoms with E-state index in [2.05, 4.69) is 4.98 Å². The van der Waals surface area contributed by atoms with E-state index in [1.54, 1.807) is 0 Å². The highest BCUT2D eigenvalue weighted by molar-refractivity contribution is 5.87. The fourth-order valence-electron chi connectivity index (χ4n) is 3.36. The summed E-state index contributed by atoms with van der Waals surface area (Å²) in [5, 5.41) is 8.88. The zero-order chi connectivity index (χ0) is 21.7. The van der Waals surface area contributed by atoms with Crippen molar-refractivity contribution in [1.82, 2.24) is 4.98 Å². The molecule has 4 nitrogen and oxygen atoms in total. The molecule has 158 valence electrons. The van der Waals surface area contributed by atoms with Crippen LogP contribution < -0.4 is 4.90 Å². The Morgan fingerprint density at radius 1 is 1.03 bits per heavy atom. The summed E-state index contributed by atoms with van der Waals surface area (Å²) in [5.74, 6) is -1.43. The van der Waals surface area contributed by atoms with Crippen LogP contribution in [0.25, 0.3) is 5.57 Å². The number of nitrogens with zero attached hydrogens (tertiary/aromatic N) is 2. The number of hydrogen-bond donors (Lipinski definition) is 1. The van der Waals surface area contributed by atoms with Crippen molar-refractivity contribution in [3.8, 4) is 0 Å². The van der Waals surface area contributed by atoms with Crippen LogP contribution in [0.1, 0.15) is 36.1 Å². The molecule has 1 aliphatic rings. The lowest BCUT2D eigenvalue weighted by Gasteiger charge is -2.30. The predicted molar refractivity (Wildman–Crippen MR) is 106 cm³/mol. The number of anilines is 1. The molecule has 0 amide bonds. The van der Waals surface area contributed by atoms with Crippen LogP contribution in [0.4, 0.5) is 23.4 Å². The van der Waals surface area contributed by atoms with E-state index < -0.39 is 23.7 Å². The van der Waals surface area contributed by atoms with Crippen LogP contribution in [-0.2, 0) is 11.0 Å². The summed E-state index contributed by atoms with van der Waals surface area (Å²) < 4.78 is 53.3. The van der Waals surface area contributed by atoms with Crippen molar-refractivity contribution in [2.45, 2.75) is 25.4 Å². The van der Waals surface area contributed by atoms with Gasteiger partial charge in [-0.1, -0.05) is 24.3 Å². The lowest BCUT2D eigenvalue weighted by Crippen LogP contribution is -2.31. The van der Waals surface area contributed by atoms with Crippen molar-refractivity contribution >= 4 is 17.4 Å². The molecule has 0 aliphatic carbocycles. The minimum Gasteiger partial charge on any atom is -0.478 e. The van der Waals surface area contributed by atoms with Crippen LogP contribution in [0.15, 0.2) is 54.6 Å².